The number of rotatable bonds is 2. The predicted molar refractivity (Wildman–Crippen MR) is 61.7 cm³/mol. The highest BCUT2D eigenvalue weighted by Gasteiger charge is 2.13. The van der Waals surface area contributed by atoms with Crippen LogP contribution in [0.5, 0.6) is 5.88 Å². The number of hydrogen-bond acceptors (Lipinski definition) is 3. The molecule has 5 heteroatoms. The van der Waals surface area contributed by atoms with Crippen LogP contribution < -0.4 is 0 Å². The van der Waals surface area contributed by atoms with Crippen molar-refractivity contribution in [3.63, 3.8) is 0 Å². The number of carbonyl (C=O) groups is 1. The van der Waals surface area contributed by atoms with E-state index in [0.29, 0.717) is 5.69 Å². The van der Waals surface area contributed by atoms with Crippen molar-refractivity contribution in [3.05, 3.63) is 41.1 Å². The molecule has 0 atom stereocenters. The predicted octanol–water partition coefficient (Wildman–Crippen LogP) is 1.89. The van der Waals surface area contributed by atoms with Crippen LogP contribution in [0.3, 0.4) is 0 Å². The number of hydrogen-bond donors (Lipinski definition) is 2. The highest BCUT2D eigenvalue weighted by Crippen LogP contribution is 2.20. The number of aromatic carboxylic acids is 1. The first kappa shape index (κ1) is 11.2. The van der Waals surface area contributed by atoms with Gasteiger partial charge in [0.05, 0.1) is 5.69 Å². The number of carboxylic acids is 1. The largest absolute Gasteiger partial charge is 0.493 e. The van der Waals surface area contributed by atoms with Crippen molar-refractivity contribution in [1.82, 2.24) is 9.78 Å². The second-order valence-corrected chi connectivity index (χ2v) is 3.95. The van der Waals surface area contributed by atoms with Crippen molar-refractivity contribution in [2.24, 2.45) is 0 Å². The maximum Gasteiger partial charge on any atom is 0.356 e. The van der Waals surface area contributed by atoms with Crippen molar-refractivity contribution in [3.8, 4) is 11.6 Å². The van der Waals surface area contributed by atoms with Gasteiger partial charge in [-0.25, -0.2) is 9.48 Å². The third-order valence-electron chi connectivity index (χ3n) is 2.36. The van der Waals surface area contributed by atoms with Gasteiger partial charge in [-0.2, -0.15) is 5.10 Å². The molecule has 17 heavy (non-hydrogen) atoms. The highest BCUT2D eigenvalue weighted by atomic mass is 16.4. The van der Waals surface area contributed by atoms with Crippen LogP contribution in [-0.2, 0) is 0 Å². The lowest BCUT2D eigenvalue weighted by Gasteiger charge is -2.05. The molecule has 0 unspecified atom stereocenters. The van der Waals surface area contributed by atoms with Crippen molar-refractivity contribution < 1.29 is 15.0 Å². The molecule has 1 aromatic carbocycles. The molecule has 0 saturated carbocycles. The summed E-state index contributed by atoms with van der Waals surface area (Å²) in [6.07, 6.45) is 0. The molecule has 0 amide bonds. The average molecular weight is 232 g/mol. The Hall–Kier alpha value is -2.30. The topological polar surface area (TPSA) is 75.4 Å². The van der Waals surface area contributed by atoms with E-state index in [1.165, 1.54) is 4.68 Å². The number of aromatic hydroxyl groups is 1. The van der Waals surface area contributed by atoms with Crippen LogP contribution in [0.1, 0.15) is 21.6 Å². The first-order valence-corrected chi connectivity index (χ1v) is 5.08. The van der Waals surface area contributed by atoms with Crippen LogP contribution in [0.4, 0.5) is 0 Å². The van der Waals surface area contributed by atoms with Gasteiger partial charge in [0.2, 0.25) is 5.88 Å². The van der Waals surface area contributed by atoms with Gasteiger partial charge < -0.3 is 10.2 Å². The Morgan fingerprint density at radius 3 is 2.24 bits per heavy atom. The summed E-state index contributed by atoms with van der Waals surface area (Å²) in [6.45, 7) is 3.85. The SMILES string of the molecule is Cc1cc(C)cc(-n2nc(C(=O)O)cc2O)c1. The normalized spacial score (nSPS) is 10.5. The van der Waals surface area contributed by atoms with Crippen LogP contribution in [0.15, 0.2) is 24.3 Å². The smallest absolute Gasteiger partial charge is 0.356 e. The lowest BCUT2D eigenvalue weighted by Crippen LogP contribution is -2.01. The molecule has 0 aliphatic carbocycles. The van der Waals surface area contributed by atoms with Gasteiger partial charge in [0, 0.05) is 6.07 Å². The first-order chi connectivity index (χ1) is 7.97. The Kier molecular flexibility index (Phi) is 2.59. The zero-order valence-corrected chi connectivity index (χ0v) is 9.51. The molecular formula is C12H12N2O3. The summed E-state index contributed by atoms with van der Waals surface area (Å²) in [4.78, 5) is 10.7. The maximum absolute atomic E-state index is 10.7. The van der Waals surface area contributed by atoms with Gasteiger partial charge in [-0.3, -0.25) is 0 Å². The molecule has 1 heterocycles. The maximum atomic E-state index is 10.7. The minimum absolute atomic E-state index is 0.179. The molecule has 2 aromatic rings. The van der Waals surface area contributed by atoms with Crippen LogP contribution in [0.2, 0.25) is 0 Å². The fourth-order valence-corrected chi connectivity index (χ4v) is 1.74. The van der Waals surface area contributed by atoms with Gasteiger partial charge in [0.1, 0.15) is 0 Å². The molecule has 2 rings (SSSR count). The summed E-state index contributed by atoms with van der Waals surface area (Å²) in [5.41, 5.74) is 2.51. The molecule has 5 nitrogen and oxygen atoms in total. The Bertz CT molecular complexity index is 567. The summed E-state index contributed by atoms with van der Waals surface area (Å²) < 4.78 is 1.21. The highest BCUT2D eigenvalue weighted by molar-refractivity contribution is 5.85. The number of nitrogens with zero attached hydrogens (tertiary/aromatic N) is 2. The van der Waals surface area contributed by atoms with Crippen molar-refractivity contribution in [1.29, 1.82) is 0 Å². The molecule has 0 aliphatic rings. The van der Waals surface area contributed by atoms with E-state index in [4.69, 9.17) is 5.11 Å². The van der Waals surface area contributed by atoms with Gasteiger partial charge in [0.25, 0.3) is 0 Å². The third kappa shape index (κ3) is 2.13. The Labute approximate surface area is 97.9 Å². The summed E-state index contributed by atoms with van der Waals surface area (Å²) in [6, 6.07) is 6.76. The van der Waals surface area contributed by atoms with Gasteiger partial charge in [-0.1, -0.05) is 6.07 Å². The molecule has 0 spiro atoms. The van der Waals surface area contributed by atoms with Gasteiger partial charge >= 0.3 is 5.97 Å². The summed E-state index contributed by atoms with van der Waals surface area (Å²) >= 11 is 0. The number of aryl methyl sites for hydroxylation is 2. The van der Waals surface area contributed by atoms with E-state index < -0.39 is 5.97 Å². The minimum Gasteiger partial charge on any atom is -0.493 e. The molecular weight excluding hydrogens is 220 g/mol. The van der Waals surface area contributed by atoms with Gasteiger partial charge in [-0.05, 0) is 37.1 Å². The van der Waals surface area contributed by atoms with E-state index in [-0.39, 0.29) is 11.6 Å². The van der Waals surface area contributed by atoms with E-state index in [9.17, 15) is 9.90 Å². The van der Waals surface area contributed by atoms with Crippen LogP contribution in [-0.4, -0.2) is 26.0 Å². The molecule has 1 aromatic heterocycles. The van der Waals surface area contributed by atoms with E-state index in [0.717, 1.165) is 17.2 Å². The molecule has 2 N–H and O–H groups in total. The minimum atomic E-state index is -1.16. The molecule has 0 fully saturated rings. The lowest BCUT2D eigenvalue weighted by molar-refractivity contribution is 0.0690. The van der Waals surface area contributed by atoms with Crippen molar-refractivity contribution in [2.45, 2.75) is 13.8 Å². The fourth-order valence-electron chi connectivity index (χ4n) is 1.74. The lowest BCUT2D eigenvalue weighted by atomic mass is 10.1. The summed E-state index contributed by atoms with van der Waals surface area (Å²) in [5.74, 6) is -1.35. The molecule has 88 valence electrons. The van der Waals surface area contributed by atoms with Crippen molar-refractivity contribution in [2.75, 3.05) is 0 Å². The number of aromatic nitrogens is 2. The Balaban J connectivity index is 2.56. The summed E-state index contributed by atoms with van der Waals surface area (Å²) in [5, 5.41) is 22.3. The Morgan fingerprint density at radius 2 is 1.76 bits per heavy atom. The second kappa shape index (κ2) is 3.93. The van der Waals surface area contributed by atoms with E-state index in [1.807, 2.05) is 32.0 Å². The molecule has 0 radical (unpaired) electrons. The van der Waals surface area contributed by atoms with Crippen LogP contribution in [0.25, 0.3) is 5.69 Å². The number of carboxylic acid groups (broad SMARTS) is 1. The van der Waals surface area contributed by atoms with Gasteiger partial charge in [0.15, 0.2) is 5.69 Å². The summed E-state index contributed by atoms with van der Waals surface area (Å²) in [7, 11) is 0. The zero-order valence-electron chi connectivity index (χ0n) is 9.51. The van der Waals surface area contributed by atoms with Crippen molar-refractivity contribution >= 4 is 5.97 Å². The molecule has 0 saturated heterocycles. The average Bonchev–Trinajstić information content (AvgIpc) is 2.59. The van der Waals surface area contributed by atoms with E-state index in [2.05, 4.69) is 5.10 Å². The third-order valence-corrected chi connectivity index (χ3v) is 2.36. The standard InChI is InChI=1S/C12H12N2O3/c1-7-3-8(2)5-9(4-7)14-11(15)6-10(13-14)12(16)17/h3-6,15H,1-2H3,(H,16,17). The van der Waals surface area contributed by atoms with Gasteiger partial charge in [-0.15, -0.1) is 0 Å². The van der Waals surface area contributed by atoms with Crippen LogP contribution in [0, 0.1) is 13.8 Å². The molecule has 0 bridgehead atoms. The second-order valence-electron chi connectivity index (χ2n) is 3.95. The zero-order chi connectivity index (χ0) is 12.6. The van der Waals surface area contributed by atoms with E-state index in [1.54, 1.807) is 0 Å². The molecule has 0 aliphatic heterocycles. The first-order valence-electron chi connectivity index (χ1n) is 5.08. The number of benzene rings is 1. The van der Waals surface area contributed by atoms with E-state index >= 15 is 0 Å². The quantitative estimate of drug-likeness (QED) is 0.829. The van der Waals surface area contributed by atoms with Crippen LogP contribution >= 0.6 is 0 Å². The fraction of sp³-hybridized carbons (Fsp3) is 0.167. The monoisotopic (exact) mass is 232 g/mol. The Morgan fingerprint density at radius 1 is 1.18 bits per heavy atom.